The maximum Gasteiger partial charge on any atom is 0.191 e. The van der Waals surface area contributed by atoms with Crippen molar-refractivity contribution in [2.45, 2.75) is 45.6 Å². The van der Waals surface area contributed by atoms with E-state index in [1.165, 1.54) is 34.9 Å². The Morgan fingerprint density at radius 3 is 3.08 bits per heavy atom. The summed E-state index contributed by atoms with van der Waals surface area (Å²) in [7, 11) is 0. The van der Waals surface area contributed by atoms with E-state index >= 15 is 0 Å². The Hall–Kier alpha value is -2.01. The van der Waals surface area contributed by atoms with Crippen molar-refractivity contribution in [1.29, 1.82) is 0 Å². The molecule has 2 heterocycles. The lowest BCUT2D eigenvalue weighted by Gasteiger charge is -2.12. The molecule has 0 spiro atoms. The second-order valence-electron chi connectivity index (χ2n) is 6.72. The van der Waals surface area contributed by atoms with E-state index < -0.39 is 0 Å². The Morgan fingerprint density at radius 1 is 1.36 bits per heavy atom. The van der Waals surface area contributed by atoms with Gasteiger partial charge in [-0.15, -0.1) is 0 Å². The van der Waals surface area contributed by atoms with Gasteiger partial charge in [0.25, 0.3) is 0 Å². The number of nitrogens with one attached hydrogen (secondary N) is 3. The predicted octanol–water partition coefficient (Wildman–Crippen LogP) is 3.14. The van der Waals surface area contributed by atoms with Crippen molar-refractivity contribution >= 4 is 16.9 Å². The molecule has 3 N–H and O–H groups in total. The minimum atomic E-state index is 0.404. The summed E-state index contributed by atoms with van der Waals surface area (Å²) in [4.78, 5) is 8.05. The molecule has 1 atom stereocenters. The van der Waals surface area contributed by atoms with Crippen LogP contribution in [0.3, 0.4) is 0 Å². The smallest absolute Gasteiger partial charge is 0.191 e. The van der Waals surface area contributed by atoms with E-state index in [1.54, 1.807) is 0 Å². The maximum atomic E-state index is 5.66. The molecule has 0 aliphatic carbocycles. The largest absolute Gasteiger partial charge is 0.378 e. The van der Waals surface area contributed by atoms with E-state index in [9.17, 15) is 0 Å². The summed E-state index contributed by atoms with van der Waals surface area (Å²) in [6, 6.07) is 6.57. The zero-order chi connectivity index (χ0) is 17.5. The molecule has 1 aliphatic heterocycles. The van der Waals surface area contributed by atoms with Crippen molar-refractivity contribution < 1.29 is 4.74 Å². The lowest BCUT2D eigenvalue weighted by molar-refractivity contribution is 0.106. The first-order valence-electron chi connectivity index (χ1n) is 9.46. The molecule has 5 heteroatoms. The third-order valence-corrected chi connectivity index (χ3v) is 4.70. The Kier molecular flexibility index (Phi) is 6.34. The first kappa shape index (κ1) is 17.8. The zero-order valence-corrected chi connectivity index (χ0v) is 15.4. The van der Waals surface area contributed by atoms with Gasteiger partial charge in [0.2, 0.25) is 0 Å². The van der Waals surface area contributed by atoms with Gasteiger partial charge in [-0.3, -0.25) is 4.99 Å². The van der Waals surface area contributed by atoms with Gasteiger partial charge in [0.1, 0.15) is 0 Å². The molecule has 1 unspecified atom stereocenters. The van der Waals surface area contributed by atoms with E-state index in [0.29, 0.717) is 6.10 Å². The predicted molar refractivity (Wildman–Crippen MR) is 104 cm³/mol. The highest BCUT2D eigenvalue weighted by atomic mass is 16.5. The molecule has 0 saturated carbocycles. The number of nitrogens with zero attached hydrogens (tertiary/aromatic N) is 1. The summed E-state index contributed by atoms with van der Waals surface area (Å²) in [5, 5.41) is 8.08. The number of aliphatic imine (C=N–C) groups is 1. The van der Waals surface area contributed by atoms with E-state index in [4.69, 9.17) is 4.74 Å². The fourth-order valence-corrected chi connectivity index (χ4v) is 3.36. The van der Waals surface area contributed by atoms with Gasteiger partial charge in [-0.1, -0.05) is 12.1 Å². The summed E-state index contributed by atoms with van der Waals surface area (Å²) in [6.07, 6.45) is 6.88. The lowest BCUT2D eigenvalue weighted by Crippen LogP contribution is -2.38. The second-order valence-corrected chi connectivity index (χ2v) is 6.72. The Bertz CT molecular complexity index is 701. The minimum Gasteiger partial charge on any atom is -0.378 e. The first-order valence-corrected chi connectivity index (χ1v) is 9.46. The lowest BCUT2D eigenvalue weighted by atomic mass is 10.1. The molecular weight excluding hydrogens is 312 g/mol. The molecule has 2 aromatic rings. The van der Waals surface area contributed by atoms with Crippen LogP contribution in [-0.2, 0) is 11.2 Å². The van der Waals surface area contributed by atoms with Crippen molar-refractivity contribution in [3.8, 4) is 0 Å². The molecule has 1 aliphatic rings. The number of fused-ring (bicyclic) bond motifs is 1. The topological polar surface area (TPSA) is 61.4 Å². The summed E-state index contributed by atoms with van der Waals surface area (Å²) in [6.45, 7) is 7.69. The number of benzene rings is 1. The van der Waals surface area contributed by atoms with E-state index in [2.05, 4.69) is 58.9 Å². The third-order valence-electron chi connectivity index (χ3n) is 4.70. The molecule has 1 fully saturated rings. The van der Waals surface area contributed by atoms with Crippen molar-refractivity contribution in [3.63, 3.8) is 0 Å². The molecular formula is C20H30N4O. The van der Waals surface area contributed by atoms with Crippen LogP contribution in [0.4, 0.5) is 0 Å². The number of aromatic amines is 1. The highest BCUT2D eigenvalue weighted by molar-refractivity contribution is 5.84. The number of H-pyrrole nitrogens is 1. The molecule has 136 valence electrons. The van der Waals surface area contributed by atoms with Gasteiger partial charge in [0, 0.05) is 43.3 Å². The van der Waals surface area contributed by atoms with Crippen LogP contribution in [0.2, 0.25) is 0 Å². The van der Waals surface area contributed by atoms with Crippen molar-refractivity contribution in [1.82, 2.24) is 15.6 Å². The molecule has 1 aromatic heterocycles. The Morgan fingerprint density at radius 2 is 2.28 bits per heavy atom. The van der Waals surface area contributed by atoms with Gasteiger partial charge in [0.05, 0.1) is 6.10 Å². The molecule has 1 aromatic carbocycles. The van der Waals surface area contributed by atoms with Crippen LogP contribution in [0.5, 0.6) is 0 Å². The van der Waals surface area contributed by atoms with Gasteiger partial charge in [-0.25, -0.2) is 0 Å². The average Bonchev–Trinajstić information content (AvgIpc) is 3.24. The normalized spacial score (nSPS) is 18.0. The van der Waals surface area contributed by atoms with Crippen LogP contribution in [0.15, 0.2) is 29.4 Å². The summed E-state index contributed by atoms with van der Waals surface area (Å²) in [5.74, 6) is 0.899. The van der Waals surface area contributed by atoms with Crippen molar-refractivity contribution in [2.24, 2.45) is 4.99 Å². The monoisotopic (exact) mass is 342 g/mol. The SMILES string of the molecule is CCNC(=NCCC1CCCO1)NCCc1c[nH]c2cc(C)ccc12. The van der Waals surface area contributed by atoms with Gasteiger partial charge >= 0.3 is 0 Å². The van der Waals surface area contributed by atoms with Crippen LogP contribution in [0.25, 0.3) is 10.9 Å². The van der Waals surface area contributed by atoms with Crippen LogP contribution >= 0.6 is 0 Å². The second kappa shape index (κ2) is 8.90. The molecule has 1 saturated heterocycles. The maximum absolute atomic E-state index is 5.66. The van der Waals surface area contributed by atoms with Crippen molar-refractivity contribution in [2.75, 3.05) is 26.2 Å². The number of aryl methyl sites for hydroxylation is 1. The van der Waals surface area contributed by atoms with Crippen LogP contribution in [-0.4, -0.2) is 43.3 Å². The molecule has 3 rings (SSSR count). The van der Waals surface area contributed by atoms with Gasteiger partial charge < -0.3 is 20.4 Å². The van der Waals surface area contributed by atoms with E-state index in [0.717, 1.165) is 45.0 Å². The summed E-state index contributed by atoms with van der Waals surface area (Å²) >= 11 is 0. The number of hydrogen-bond donors (Lipinski definition) is 3. The van der Waals surface area contributed by atoms with Crippen LogP contribution in [0, 0.1) is 6.92 Å². The van der Waals surface area contributed by atoms with Gasteiger partial charge in [-0.05, 0) is 56.7 Å². The fourth-order valence-electron chi connectivity index (χ4n) is 3.36. The molecule has 0 amide bonds. The summed E-state index contributed by atoms with van der Waals surface area (Å²) < 4.78 is 5.66. The highest BCUT2D eigenvalue weighted by Crippen LogP contribution is 2.19. The minimum absolute atomic E-state index is 0.404. The van der Waals surface area contributed by atoms with Crippen molar-refractivity contribution in [3.05, 3.63) is 35.5 Å². The first-order chi connectivity index (χ1) is 12.3. The number of rotatable bonds is 7. The standard InChI is InChI=1S/C20H30N4O/c1-3-21-20(23-11-9-17-5-4-12-25-17)22-10-8-16-14-24-19-13-15(2)6-7-18(16)19/h6-7,13-14,17,24H,3-5,8-12H2,1-2H3,(H2,21,22,23). The average molecular weight is 342 g/mol. The molecule has 5 nitrogen and oxygen atoms in total. The molecule has 0 radical (unpaired) electrons. The number of hydrogen-bond acceptors (Lipinski definition) is 2. The van der Waals surface area contributed by atoms with E-state index in [-0.39, 0.29) is 0 Å². The van der Waals surface area contributed by atoms with Crippen LogP contribution < -0.4 is 10.6 Å². The Balaban J connectivity index is 1.50. The number of ether oxygens (including phenoxy) is 1. The number of aromatic nitrogens is 1. The highest BCUT2D eigenvalue weighted by Gasteiger charge is 2.14. The molecule has 25 heavy (non-hydrogen) atoms. The third kappa shape index (κ3) is 4.98. The van der Waals surface area contributed by atoms with Gasteiger partial charge in [0.15, 0.2) is 5.96 Å². The van der Waals surface area contributed by atoms with Gasteiger partial charge in [-0.2, -0.15) is 0 Å². The fraction of sp³-hybridized carbons (Fsp3) is 0.550. The molecule has 0 bridgehead atoms. The quantitative estimate of drug-likeness (QED) is 0.535. The summed E-state index contributed by atoms with van der Waals surface area (Å²) in [5.41, 5.74) is 3.84. The number of guanidine groups is 1. The Labute approximate surface area is 150 Å². The van der Waals surface area contributed by atoms with E-state index in [1.807, 2.05) is 0 Å². The van der Waals surface area contributed by atoms with Crippen LogP contribution in [0.1, 0.15) is 37.3 Å². The zero-order valence-electron chi connectivity index (χ0n) is 15.4.